The predicted octanol–water partition coefficient (Wildman–Crippen LogP) is -1.04. The zero-order chi connectivity index (χ0) is 13.4. The molecule has 1 aliphatic rings. The molecule has 0 bridgehead atoms. The molecular formula is C11H20N2O5. The van der Waals surface area contributed by atoms with Crippen molar-refractivity contribution in [2.24, 2.45) is 11.1 Å². The number of rotatable bonds is 7. The first kappa shape index (κ1) is 14.9. The fourth-order valence-corrected chi connectivity index (χ4v) is 1.80. The molecule has 104 valence electrons. The molecule has 0 unspecified atom stereocenters. The van der Waals surface area contributed by atoms with Crippen molar-refractivity contribution in [3.63, 3.8) is 0 Å². The summed E-state index contributed by atoms with van der Waals surface area (Å²) in [5.74, 6) is -1.22. The summed E-state index contributed by atoms with van der Waals surface area (Å²) in [5, 5.41) is 11.9. The van der Waals surface area contributed by atoms with Crippen LogP contribution < -0.4 is 11.1 Å². The summed E-state index contributed by atoms with van der Waals surface area (Å²) in [6.07, 6.45) is 0.818. The molecule has 0 spiro atoms. The Labute approximate surface area is 106 Å². The van der Waals surface area contributed by atoms with Crippen LogP contribution in [0.3, 0.4) is 0 Å². The lowest BCUT2D eigenvalue weighted by atomic mass is 9.80. The summed E-state index contributed by atoms with van der Waals surface area (Å²) in [5.41, 5.74) is 4.30. The first-order chi connectivity index (χ1) is 8.60. The molecule has 1 aliphatic heterocycles. The van der Waals surface area contributed by atoms with Crippen molar-refractivity contribution in [1.82, 2.24) is 5.32 Å². The first-order valence-corrected chi connectivity index (χ1v) is 5.96. The van der Waals surface area contributed by atoms with Crippen LogP contribution in [0, 0.1) is 5.41 Å². The van der Waals surface area contributed by atoms with Gasteiger partial charge in [0.15, 0.2) is 0 Å². The largest absolute Gasteiger partial charge is 0.481 e. The van der Waals surface area contributed by atoms with E-state index in [2.05, 4.69) is 5.32 Å². The SMILES string of the molecule is NCCOCC(=O)NCC1(C(=O)O)CCOCC1. The number of amides is 1. The number of carboxylic acids is 1. The molecule has 1 saturated heterocycles. The Balaban J connectivity index is 2.38. The maximum atomic E-state index is 11.4. The number of carbonyl (C=O) groups excluding carboxylic acids is 1. The molecule has 1 fully saturated rings. The van der Waals surface area contributed by atoms with E-state index < -0.39 is 11.4 Å². The van der Waals surface area contributed by atoms with Crippen molar-refractivity contribution in [3.05, 3.63) is 0 Å². The Kier molecular flexibility index (Phi) is 6.03. The highest BCUT2D eigenvalue weighted by molar-refractivity contribution is 5.79. The van der Waals surface area contributed by atoms with E-state index in [9.17, 15) is 14.7 Å². The van der Waals surface area contributed by atoms with Gasteiger partial charge in [0.1, 0.15) is 6.61 Å². The molecule has 0 atom stereocenters. The van der Waals surface area contributed by atoms with Gasteiger partial charge in [0, 0.05) is 26.3 Å². The van der Waals surface area contributed by atoms with Crippen LogP contribution in [0.15, 0.2) is 0 Å². The number of aliphatic carboxylic acids is 1. The summed E-state index contributed by atoms with van der Waals surface area (Å²) in [4.78, 5) is 22.7. The molecule has 7 heteroatoms. The molecule has 1 rings (SSSR count). The van der Waals surface area contributed by atoms with Crippen LogP contribution in [0.2, 0.25) is 0 Å². The second-order valence-corrected chi connectivity index (χ2v) is 4.32. The minimum Gasteiger partial charge on any atom is -0.481 e. The van der Waals surface area contributed by atoms with Crippen molar-refractivity contribution < 1.29 is 24.2 Å². The fraction of sp³-hybridized carbons (Fsp3) is 0.818. The van der Waals surface area contributed by atoms with Crippen molar-refractivity contribution in [1.29, 1.82) is 0 Å². The number of hydrogen-bond donors (Lipinski definition) is 3. The standard InChI is InChI=1S/C11H20N2O5/c12-3-6-18-7-9(14)13-8-11(10(15)16)1-4-17-5-2-11/h1-8,12H2,(H,13,14)(H,15,16). The second-order valence-electron chi connectivity index (χ2n) is 4.32. The molecule has 0 radical (unpaired) electrons. The maximum Gasteiger partial charge on any atom is 0.311 e. The Morgan fingerprint density at radius 2 is 2.06 bits per heavy atom. The number of nitrogens with two attached hydrogens (primary N) is 1. The first-order valence-electron chi connectivity index (χ1n) is 5.96. The average Bonchev–Trinajstić information content (AvgIpc) is 2.37. The quantitative estimate of drug-likeness (QED) is 0.504. The highest BCUT2D eigenvalue weighted by Crippen LogP contribution is 2.29. The third-order valence-corrected chi connectivity index (χ3v) is 3.02. The van der Waals surface area contributed by atoms with E-state index in [-0.39, 0.29) is 19.1 Å². The van der Waals surface area contributed by atoms with Gasteiger partial charge in [0.2, 0.25) is 5.91 Å². The van der Waals surface area contributed by atoms with Crippen LogP contribution in [-0.2, 0) is 19.1 Å². The van der Waals surface area contributed by atoms with E-state index in [4.69, 9.17) is 15.2 Å². The van der Waals surface area contributed by atoms with E-state index in [0.717, 1.165) is 0 Å². The molecule has 18 heavy (non-hydrogen) atoms. The Morgan fingerprint density at radius 3 is 2.61 bits per heavy atom. The van der Waals surface area contributed by atoms with Gasteiger partial charge in [-0.05, 0) is 12.8 Å². The van der Waals surface area contributed by atoms with Gasteiger partial charge in [-0.25, -0.2) is 0 Å². The van der Waals surface area contributed by atoms with E-state index in [1.54, 1.807) is 0 Å². The van der Waals surface area contributed by atoms with Crippen molar-refractivity contribution in [2.75, 3.05) is 39.5 Å². The third kappa shape index (κ3) is 4.25. The van der Waals surface area contributed by atoms with Gasteiger partial charge >= 0.3 is 5.97 Å². The molecule has 4 N–H and O–H groups in total. The van der Waals surface area contributed by atoms with Crippen molar-refractivity contribution in [3.8, 4) is 0 Å². The molecule has 0 aliphatic carbocycles. The summed E-state index contributed by atoms with van der Waals surface area (Å²) < 4.78 is 10.1. The summed E-state index contributed by atoms with van der Waals surface area (Å²) in [6.45, 7) is 1.49. The smallest absolute Gasteiger partial charge is 0.311 e. The van der Waals surface area contributed by atoms with Gasteiger partial charge < -0.3 is 25.6 Å². The zero-order valence-corrected chi connectivity index (χ0v) is 10.3. The van der Waals surface area contributed by atoms with Gasteiger partial charge in [-0.3, -0.25) is 9.59 Å². The minimum atomic E-state index is -0.915. The normalized spacial score (nSPS) is 18.3. The zero-order valence-electron chi connectivity index (χ0n) is 10.3. The van der Waals surface area contributed by atoms with E-state index >= 15 is 0 Å². The lowest BCUT2D eigenvalue weighted by Crippen LogP contribution is -2.47. The Morgan fingerprint density at radius 1 is 1.39 bits per heavy atom. The highest BCUT2D eigenvalue weighted by atomic mass is 16.5. The Bertz CT molecular complexity index is 289. The number of hydrogen-bond acceptors (Lipinski definition) is 5. The van der Waals surface area contributed by atoms with Crippen LogP contribution in [0.25, 0.3) is 0 Å². The lowest BCUT2D eigenvalue weighted by molar-refractivity contribution is -0.154. The van der Waals surface area contributed by atoms with Crippen LogP contribution >= 0.6 is 0 Å². The van der Waals surface area contributed by atoms with Gasteiger partial charge in [-0.15, -0.1) is 0 Å². The molecule has 0 saturated carbocycles. The van der Waals surface area contributed by atoms with Gasteiger partial charge in [0.25, 0.3) is 0 Å². The highest BCUT2D eigenvalue weighted by Gasteiger charge is 2.40. The van der Waals surface area contributed by atoms with E-state index in [1.165, 1.54) is 0 Å². The number of carbonyl (C=O) groups is 2. The predicted molar refractivity (Wildman–Crippen MR) is 63.0 cm³/mol. The molecule has 0 aromatic rings. The van der Waals surface area contributed by atoms with Crippen LogP contribution in [0.4, 0.5) is 0 Å². The number of ether oxygens (including phenoxy) is 2. The van der Waals surface area contributed by atoms with Crippen molar-refractivity contribution in [2.45, 2.75) is 12.8 Å². The van der Waals surface area contributed by atoms with E-state index in [1.807, 2.05) is 0 Å². The maximum absolute atomic E-state index is 11.4. The van der Waals surface area contributed by atoms with Crippen LogP contribution in [0.5, 0.6) is 0 Å². The summed E-state index contributed by atoms with van der Waals surface area (Å²) in [7, 11) is 0. The summed E-state index contributed by atoms with van der Waals surface area (Å²) >= 11 is 0. The molecule has 0 aromatic carbocycles. The molecule has 0 aromatic heterocycles. The third-order valence-electron chi connectivity index (χ3n) is 3.02. The van der Waals surface area contributed by atoms with Crippen LogP contribution in [-0.4, -0.2) is 56.5 Å². The summed E-state index contributed by atoms with van der Waals surface area (Å²) in [6, 6.07) is 0. The number of nitrogens with one attached hydrogen (secondary N) is 1. The topological polar surface area (TPSA) is 111 Å². The monoisotopic (exact) mass is 260 g/mol. The van der Waals surface area contributed by atoms with Gasteiger partial charge in [-0.1, -0.05) is 0 Å². The van der Waals surface area contributed by atoms with Crippen molar-refractivity contribution >= 4 is 11.9 Å². The average molecular weight is 260 g/mol. The molecule has 7 nitrogen and oxygen atoms in total. The van der Waals surface area contributed by atoms with Gasteiger partial charge in [0.05, 0.1) is 12.0 Å². The molecule has 1 amide bonds. The number of carboxylic acid groups (broad SMARTS) is 1. The molecular weight excluding hydrogens is 240 g/mol. The van der Waals surface area contributed by atoms with Crippen LogP contribution in [0.1, 0.15) is 12.8 Å². The van der Waals surface area contributed by atoms with E-state index in [0.29, 0.717) is 39.2 Å². The fourth-order valence-electron chi connectivity index (χ4n) is 1.80. The molecule has 1 heterocycles. The lowest BCUT2D eigenvalue weighted by Gasteiger charge is -2.33. The second kappa shape index (κ2) is 7.30. The van der Waals surface area contributed by atoms with Gasteiger partial charge in [-0.2, -0.15) is 0 Å². The Hall–Kier alpha value is -1.18. The minimum absolute atomic E-state index is 0.0939.